The molecular formula is C19H14Cl2N2O3S. The van der Waals surface area contributed by atoms with Gasteiger partial charge in [-0.25, -0.2) is 4.98 Å². The van der Waals surface area contributed by atoms with Crippen LogP contribution in [0, 0.1) is 0 Å². The first kappa shape index (κ1) is 19.4. The molecule has 0 spiro atoms. The minimum Gasteiger partial charge on any atom is -0.481 e. The Balaban J connectivity index is 1.84. The van der Waals surface area contributed by atoms with Crippen molar-refractivity contribution in [1.82, 2.24) is 10.3 Å². The van der Waals surface area contributed by atoms with Crippen molar-refractivity contribution in [3.8, 4) is 11.3 Å². The van der Waals surface area contributed by atoms with E-state index >= 15 is 0 Å². The largest absolute Gasteiger partial charge is 0.481 e. The number of hydrogen-bond donors (Lipinski definition) is 2. The molecule has 2 N–H and O–H groups in total. The van der Waals surface area contributed by atoms with Crippen LogP contribution in [0.5, 0.6) is 0 Å². The normalized spacial score (nSPS) is 11.8. The summed E-state index contributed by atoms with van der Waals surface area (Å²) in [5.74, 6) is -1.54. The maximum Gasteiger partial charge on any atom is 0.305 e. The monoisotopic (exact) mass is 420 g/mol. The van der Waals surface area contributed by atoms with Crippen molar-refractivity contribution in [2.75, 3.05) is 0 Å². The van der Waals surface area contributed by atoms with E-state index < -0.39 is 17.9 Å². The summed E-state index contributed by atoms with van der Waals surface area (Å²) >= 11 is 13.4. The van der Waals surface area contributed by atoms with E-state index in [0.29, 0.717) is 16.3 Å². The number of amides is 1. The fourth-order valence-electron chi connectivity index (χ4n) is 2.54. The number of carboxylic acid groups (broad SMARTS) is 1. The average Bonchev–Trinajstić information content (AvgIpc) is 3.14. The molecule has 1 atom stereocenters. The van der Waals surface area contributed by atoms with Crippen molar-refractivity contribution >= 4 is 46.4 Å². The molecule has 3 aromatic rings. The Hall–Kier alpha value is -2.41. The van der Waals surface area contributed by atoms with E-state index in [1.54, 1.807) is 23.6 Å². The fourth-order valence-corrected chi connectivity index (χ4v) is 3.71. The van der Waals surface area contributed by atoms with Gasteiger partial charge in [0.25, 0.3) is 5.91 Å². The van der Waals surface area contributed by atoms with Crippen LogP contribution in [0.25, 0.3) is 11.3 Å². The molecule has 1 aromatic heterocycles. The summed E-state index contributed by atoms with van der Waals surface area (Å²) < 4.78 is 0. The van der Waals surface area contributed by atoms with Crippen LogP contribution in [0.4, 0.5) is 0 Å². The molecule has 3 rings (SSSR count). The Labute approximate surface area is 169 Å². The molecule has 0 bridgehead atoms. The first-order valence-corrected chi connectivity index (χ1v) is 9.56. The number of carbonyl (C=O) groups excluding carboxylic acids is 1. The lowest BCUT2D eigenvalue weighted by Crippen LogP contribution is -2.30. The molecule has 0 saturated carbocycles. The number of aromatic nitrogens is 1. The highest BCUT2D eigenvalue weighted by atomic mass is 35.5. The van der Waals surface area contributed by atoms with E-state index in [2.05, 4.69) is 10.3 Å². The van der Waals surface area contributed by atoms with Crippen molar-refractivity contribution in [2.24, 2.45) is 0 Å². The van der Waals surface area contributed by atoms with Gasteiger partial charge >= 0.3 is 5.97 Å². The summed E-state index contributed by atoms with van der Waals surface area (Å²) in [4.78, 5) is 28.2. The van der Waals surface area contributed by atoms with E-state index in [-0.39, 0.29) is 16.5 Å². The van der Waals surface area contributed by atoms with Crippen molar-refractivity contribution < 1.29 is 14.7 Å². The number of carboxylic acids is 1. The van der Waals surface area contributed by atoms with Crippen molar-refractivity contribution in [3.63, 3.8) is 0 Å². The summed E-state index contributed by atoms with van der Waals surface area (Å²) in [5, 5.41) is 14.4. The zero-order chi connectivity index (χ0) is 19.4. The second kappa shape index (κ2) is 8.52. The second-order valence-electron chi connectivity index (χ2n) is 5.67. The maximum absolute atomic E-state index is 12.6. The number of benzene rings is 2. The fraction of sp³-hybridized carbons (Fsp3) is 0.105. The van der Waals surface area contributed by atoms with Crippen LogP contribution in [0.3, 0.4) is 0 Å². The third-order valence-corrected chi connectivity index (χ3v) is 5.48. The van der Waals surface area contributed by atoms with Gasteiger partial charge in [-0.3, -0.25) is 9.59 Å². The first-order chi connectivity index (χ1) is 13.0. The molecule has 5 nitrogen and oxygen atoms in total. The Kier molecular flexibility index (Phi) is 6.11. The number of hydrogen-bond acceptors (Lipinski definition) is 4. The lowest BCUT2D eigenvalue weighted by molar-refractivity contribution is -0.137. The molecule has 0 aliphatic rings. The Morgan fingerprint density at radius 2 is 1.85 bits per heavy atom. The molecule has 138 valence electrons. The second-order valence-corrected chi connectivity index (χ2v) is 7.31. The molecule has 1 heterocycles. The van der Waals surface area contributed by atoms with E-state index in [1.165, 1.54) is 11.3 Å². The van der Waals surface area contributed by atoms with Crippen molar-refractivity contribution in [3.05, 3.63) is 74.5 Å². The quantitative estimate of drug-likeness (QED) is 0.583. The van der Waals surface area contributed by atoms with Gasteiger partial charge in [0, 0.05) is 10.9 Å². The zero-order valence-electron chi connectivity index (χ0n) is 13.9. The van der Waals surface area contributed by atoms with Gasteiger partial charge in [0.15, 0.2) is 5.01 Å². The van der Waals surface area contributed by atoms with Gasteiger partial charge in [-0.2, -0.15) is 0 Å². The Bertz CT molecular complexity index is 976. The zero-order valence-corrected chi connectivity index (χ0v) is 16.2. The standard InChI is InChI=1S/C19H14Cl2N2O3S/c20-13-8-4-7-12(17(13)21)14(9-16(24)25)22-18(26)19-23-15(10-27-19)11-5-2-1-3-6-11/h1-8,10,14H,9H2,(H,22,26)(H,24,25). The Morgan fingerprint density at radius 3 is 2.56 bits per heavy atom. The molecule has 0 radical (unpaired) electrons. The summed E-state index contributed by atoms with van der Waals surface area (Å²) in [6, 6.07) is 13.5. The molecule has 1 unspecified atom stereocenters. The third-order valence-electron chi connectivity index (χ3n) is 3.81. The average molecular weight is 421 g/mol. The van der Waals surface area contributed by atoms with Crippen LogP contribution in [-0.2, 0) is 4.79 Å². The molecular weight excluding hydrogens is 407 g/mol. The number of aliphatic carboxylic acids is 1. The van der Waals surface area contributed by atoms with Crippen LogP contribution in [-0.4, -0.2) is 22.0 Å². The summed E-state index contributed by atoms with van der Waals surface area (Å²) in [7, 11) is 0. The summed E-state index contributed by atoms with van der Waals surface area (Å²) in [5.41, 5.74) is 2.02. The van der Waals surface area contributed by atoms with Gasteiger partial charge in [0.05, 0.1) is 28.2 Å². The van der Waals surface area contributed by atoms with Gasteiger partial charge in [0.2, 0.25) is 0 Å². The SMILES string of the molecule is O=C(O)CC(NC(=O)c1nc(-c2ccccc2)cs1)c1cccc(Cl)c1Cl. The molecule has 8 heteroatoms. The van der Waals surface area contributed by atoms with Crippen molar-refractivity contribution in [2.45, 2.75) is 12.5 Å². The maximum atomic E-state index is 12.6. The van der Waals surface area contributed by atoms with E-state index in [9.17, 15) is 14.7 Å². The summed E-state index contributed by atoms with van der Waals surface area (Å²) in [6.07, 6.45) is -0.331. The number of nitrogens with zero attached hydrogens (tertiary/aromatic N) is 1. The molecule has 0 fully saturated rings. The predicted molar refractivity (Wildman–Crippen MR) is 106 cm³/mol. The van der Waals surface area contributed by atoms with Crippen LogP contribution in [0.2, 0.25) is 10.0 Å². The lowest BCUT2D eigenvalue weighted by atomic mass is 10.0. The topological polar surface area (TPSA) is 79.3 Å². The molecule has 0 aliphatic heterocycles. The lowest BCUT2D eigenvalue weighted by Gasteiger charge is -2.18. The van der Waals surface area contributed by atoms with Gasteiger partial charge in [-0.15, -0.1) is 11.3 Å². The van der Waals surface area contributed by atoms with E-state index in [4.69, 9.17) is 23.2 Å². The first-order valence-electron chi connectivity index (χ1n) is 7.93. The number of thiazole rings is 1. The highest BCUT2D eigenvalue weighted by molar-refractivity contribution is 7.12. The third kappa shape index (κ3) is 4.66. The smallest absolute Gasteiger partial charge is 0.305 e. The van der Waals surface area contributed by atoms with Crippen LogP contribution < -0.4 is 5.32 Å². The van der Waals surface area contributed by atoms with Gasteiger partial charge in [-0.1, -0.05) is 65.7 Å². The Morgan fingerprint density at radius 1 is 1.11 bits per heavy atom. The van der Waals surface area contributed by atoms with Gasteiger partial charge in [-0.05, 0) is 11.6 Å². The minimum absolute atomic E-state index is 0.217. The highest BCUT2D eigenvalue weighted by Gasteiger charge is 2.23. The highest BCUT2D eigenvalue weighted by Crippen LogP contribution is 2.32. The number of rotatable bonds is 6. The van der Waals surface area contributed by atoms with Gasteiger partial charge < -0.3 is 10.4 Å². The molecule has 1 amide bonds. The van der Waals surface area contributed by atoms with Crippen LogP contribution in [0.15, 0.2) is 53.9 Å². The minimum atomic E-state index is -1.07. The van der Waals surface area contributed by atoms with Gasteiger partial charge in [0.1, 0.15) is 0 Å². The van der Waals surface area contributed by atoms with Crippen LogP contribution in [0.1, 0.15) is 27.8 Å². The van der Waals surface area contributed by atoms with E-state index in [1.807, 2.05) is 30.3 Å². The predicted octanol–water partition coefficient (Wildman–Crippen LogP) is 5.06. The molecule has 0 aliphatic carbocycles. The molecule has 2 aromatic carbocycles. The van der Waals surface area contributed by atoms with Crippen LogP contribution >= 0.6 is 34.5 Å². The number of carbonyl (C=O) groups is 2. The molecule has 27 heavy (non-hydrogen) atoms. The number of halogens is 2. The van der Waals surface area contributed by atoms with E-state index in [0.717, 1.165) is 5.56 Å². The summed E-state index contributed by atoms with van der Waals surface area (Å²) in [6.45, 7) is 0. The number of nitrogens with one attached hydrogen (secondary N) is 1. The van der Waals surface area contributed by atoms with Crippen molar-refractivity contribution in [1.29, 1.82) is 0 Å². The molecule has 0 saturated heterocycles.